The molecule has 0 spiro atoms. The lowest BCUT2D eigenvalue weighted by Gasteiger charge is -2.19. The van der Waals surface area contributed by atoms with Gasteiger partial charge in [-0.15, -0.1) is 0 Å². The highest BCUT2D eigenvalue weighted by molar-refractivity contribution is 5.72. The molecule has 1 aromatic rings. The molecule has 1 heterocycles. The number of carbonyl (C=O) groups excluding carboxylic acids is 1. The summed E-state index contributed by atoms with van der Waals surface area (Å²) in [6, 6.07) is 3.52. The molecule has 0 aliphatic carbocycles. The monoisotopic (exact) mass is 223 g/mol. The summed E-state index contributed by atoms with van der Waals surface area (Å²) >= 11 is 0. The van der Waals surface area contributed by atoms with Crippen LogP contribution in [0.2, 0.25) is 0 Å². The van der Waals surface area contributed by atoms with E-state index in [2.05, 4.69) is 4.98 Å². The first-order valence-electron chi connectivity index (χ1n) is 5.11. The molecule has 0 amide bonds. The van der Waals surface area contributed by atoms with E-state index < -0.39 is 5.60 Å². The Hall–Kier alpha value is -1.58. The molecule has 88 valence electrons. The molecule has 0 bridgehead atoms. The van der Waals surface area contributed by atoms with Crippen molar-refractivity contribution < 1.29 is 14.3 Å². The van der Waals surface area contributed by atoms with Crippen molar-refractivity contribution in [2.45, 2.75) is 32.8 Å². The van der Waals surface area contributed by atoms with Gasteiger partial charge in [-0.2, -0.15) is 0 Å². The maximum absolute atomic E-state index is 11.5. The highest BCUT2D eigenvalue weighted by Gasteiger charge is 2.16. The average molecular weight is 223 g/mol. The number of methoxy groups -OCH3 is 1. The van der Waals surface area contributed by atoms with E-state index in [1.165, 1.54) is 0 Å². The van der Waals surface area contributed by atoms with Crippen molar-refractivity contribution in [2.75, 3.05) is 7.11 Å². The molecule has 0 N–H and O–H groups in total. The van der Waals surface area contributed by atoms with E-state index in [0.717, 1.165) is 5.56 Å². The number of hydrogen-bond donors (Lipinski definition) is 0. The summed E-state index contributed by atoms with van der Waals surface area (Å²) in [6.07, 6.45) is 1.84. The SMILES string of the molecule is COc1ccc(CC(=O)OC(C)(C)C)cn1. The molecule has 0 aliphatic heterocycles. The molecule has 4 nitrogen and oxygen atoms in total. The molecule has 0 fully saturated rings. The van der Waals surface area contributed by atoms with Gasteiger partial charge in [0, 0.05) is 12.3 Å². The van der Waals surface area contributed by atoms with E-state index in [1.54, 1.807) is 25.4 Å². The normalized spacial score (nSPS) is 11.0. The zero-order valence-electron chi connectivity index (χ0n) is 10.1. The summed E-state index contributed by atoms with van der Waals surface area (Å²) in [5.74, 6) is 0.285. The van der Waals surface area contributed by atoms with E-state index in [0.29, 0.717) is 5.88 Å². The van der Waals surface area contributed by atoms with Gasteiger partial charge in [0.1, 0.15) is 5.60 Å². The van der Waals surface area contributed by atoms with Crippen LogP contribution < -0.4 is 4.74 Å². The Morgan fingerprint density at radius 1 is 1.38 bits per heavy atom. The van der Waals surface area contributed by atoms with Crippen LogP contribution in [0.25, 0.3) is 0 Å². The van der Waals surface area contributed by atoms with Crippen molar-refractivity contribution in [3.63, 3.8) is 0 Å². The maximum Gasteiger partial charge on any atom is 0.310 e. The Morgan fingerprint density at radius 2 is 2.06 bits per heavy atom. The quantitative estimate of drug-likeness (QED) is 0.735. The van der Waals surface area contributed by atoms with E-state index in [4.69, 9.17) is 9.47 Å². The molecule has 0 unspecified atom stereocenters. The minimum absolute atomic E-state index is 0.230. The molecule has 0 aliphatic rings. The summed E-state index contributed by atoms with van der Waals surface area (Å²) in [4.78, 5) is 15.5. The van der Waals surface area contributed by atoms with E-state index >= 15 is 0 Å². The van der Waals surface area contributed by atoms with Gasteiger partial charge in [-0.3, -0.25) is 4.79 Å². The van der Waals surface area contributed by atoms with E-state index in [-0.39, 0.29) is 12.4 Å². The minimum Gasteiger partial charge on any atom is -0.481 e. The summed E-state index contributed by atoms with van der Waals surface area (Å²) in [7, 11) is 1.55. The van der Waals surface area contributed by atoms with Crippen LogP contribution in [0.4, 0.5) is 0 Å². The van der Waals surface area contributed by atoms with Crippen molar-refractivity contribution >= 4 is 5.97 Å². The fourth-order valence-corrected chi connectivity index (χ4v) is 1.18. The highest BCUT2D eigenvalue weighted by Crippen LogP contribution is 2.11. The second-order valence-electron chi connectivity index (χ2n) is 4.47. The van der Waals surface area contributed by atoms with E-state index in [1.807, 2.05) is 20.8 Å². The predicted molar refractivity (Wildman–Crippen MR) is 60.3 cm³/mol. The third kappa shape index (κ3) is 4.29. The third-order valence-electron chi connectivity index (χ3n) is 1.78. The molecular formula is C12H17NO3. The molecule has 0 saturated heterocycles. The molecule has 0 saturated carbocycles. The zero-order valence-corrected chi connectivity index (χ0v) is 10.1. The minimum atomic E-state index is -0.447. The van der Waals surface area contributed by atoms with Gasteiger partial charge in [0.05, 0.1) is 13.5 Å². The summed E-state index contributed by atoms with van der Waals surface area (Å²) in [5, 5.41) is 0. The Morgan fingerprint density at radius 3 is 2.50 bits per heavy atom. The Balaban J connectivity index is 2.56. The van der Waals surface area contributed by atoms with Crippen LogP contribution >= 0.6 is 0 Å². The van der Waals surface area contributed by atoms with Gasteiger partial charge < -0.3 is 9.47 Å². The molecule has 0 aromatic carbocycles. The molecule has 16 heavy (non-hydrogen) atoms. The number of carbonyl (C=O) groups is 1. The first kappa shape index (κ1) is 12.5. The van der Waals surface area contributed by atoms with Crippen molar-refractivity contribution in [1.29, 1.82) is 0 Å². The number of aromatic nitrogens is 1. The van der Waals surface area contributed by atoms with Gasteiger partial charge in [0.25, 0.3) is 0 Å². The van der Waals surface area contributed by atoms with Crippen LogP contribution in [0.15, 0.2) is 18.3 Å². The first-order chi connectivity index (χ1) is 7.40. The maximum atomic E-state index is 11.5. The lowest BCUT2D eigenvalue weighted by Crippen LogP contribution is -2.24. The standard InChI is InChI=1S/C12H17NO3/c1-12(2,3)16-11(14)7-9-5-6-10(15-4)13-8-9/h5-6,8H,7H2,1-4H3. The fourth-order valence-electron chi connectivity index (χ4n) is 1.18. The average Bonchev–Trinajstić information content (AvgIpc) is 2.16. The number of esters is 1. The summed E-state index contributed by atoms with van der Waals surface area (Å²) in [6.45, 7) is 5.53. The second-order valence-corrected chi connectivity index (χ2v) is 4.47. The van der Waals surface area contributed by atoms with Gasteiger partial charge in [0.2, 0.25) is 5.88 Å². The van der Waals surface area contributed by atoms with Crippen LogP contribution in [0.1, 0.15) is 26.3 Å². The number of hydrogen-bond acceptors (Lipinski definition) is 4. The number of pyridine rings is 1. The Kier molecular flexibility index (Phi) is 3.88. The predicted octanol–water partition coefficient (Wildman–Crippen LogP) is 1.97. The van der Waals surface area contributed by atoms with E-state index in [9.17, 15) is 4.79 Å². The van der Waals surface area contributed by atoms with Crippen LogP contribution in [0, 0.1) is 0 Å². The summed E-state index contributed by atoms with van der Waals surface area (Å²) in [5.41, 5.74) is 0.367. The third-order valence-corrected chi connectivity index (χ3v) is 1.78. The Labute approximate surface area is 95.6 Å². The first-order valence-corrected chi connectivity index (χ1v) is 5.11. The molecule has 1 aromatic heterocycles. The van der Waals surface area contributed by atoms with Crippen molar-refractivity contribution in [3.8, 4) is 5.88 Å². The largest absolute Gasteiger partial charge is 0.481 e. The number of rotatable bonds is 3. The second kappa shape index (κ2) is 4.96. The molecule has 0 radical (unpaired) electrons. The molecule has 1 rings (SSSR count). The fraction of sp³-hybridized carbons (Fsp3) is 0.500. The number of nitrogens with zero attached hydrogens (tertiary/aromatic N) is 1. The van der Waals surface area contributed by atoms with Crippen molar-refractivity contribution in [3.05, 3.63) is 23.9 Å². The van der Waals surface area contributed by atoms with Crippen LogP contribution in [0.3, 0.4) is 0 Å². The lowest BCUT2D eigenvalue weighted by atomic mass is 10.2. The van der Waals surface area contributed by atoms with Crippen LogP contribution in [-0.2, 0) is 16.0 Å². The zero-order chi connectivity index (χ0) is 12.2. The smallest absolute Gasteiger partial charge is 0.310 e. The van der Waals surface area contributed by atoms with Gasteiger partial charge in [-0.1, -0.05) is 6.07 Å². The molecule has 4 heteroatoms. The Bertz CT molecular complexity index is 352. The topological polar surface area (TPSA) is 48.4 Å². The van der Waals surface area contributed by atoms with Crippen molar-refractivity contribution in [2.24, 2.45) is 0 Å². The van der Waals surface area contributed by atoms with Crippen molar-refractivity contribution in [1.82, 2.24) is 4.98 Å². The van der Waals surface area contributed by atoms with Gasteiger partial charge in [0.15, 0.2) is 0 Å². The van der Waals surface area contributed by atoms with Gasteiger partial charge in [-0.05, 0) is 26.3 Å². The van der Waals surface area contributed by atoms with Crippen LogP contribution in [-0.4, -0.2) is 23.7 Å². The summed E-state index contributed by atoms with van der Waals surface area (Å²) < 4.78 is 10.1. The molecule has 0 atom stereocenters. The highest BCUT2D eigenvalue weighted by atomic mass is 16.6. The van der Waals surface area contributed by atoms with Gasteiger partial charge in [-0.25, -0.2) is 4.98 Å². The number of ether oxygens (including phenoxy) is 2. The van der Waals surface area contributed by atoms with Crippen LogP contribution in [0.5, 0.6) is 5.88 Å². The van der Waals surface area contributed by atoms with Gasteiger partial charge >= 0.3 is 5.97 Å². The lowest BCUT2D eigenvalue weighted by molar-refractivity contribution is -0.153. The molecular weight excluding hydrogens is 206 g/mol.